The molecule has 0 spiro atoms. The second-order valence-electron chi connectivity index (χ2n) is 6.66. The van der Waals surface area contributed by atoms with E-state index in [1.807, 2.05) is 42.2 Å². The summed E-state index contributed by atoms with van der Waals surface area (Å²) in [6.45, 7) is 4.23. The van der Waals surface area contributed by atoms with E-state index < -0.39 is 0 Å². The van der Waals surface area contributed by atoms with Crippen LogP contribution in [0, 0.1) is 5.92 Å². The summed E-state index contributed by atoms with van der Waals surface area (Å²) in [6.07, 6.45) is 5.17. The Balaban J connectivity index is 1.46. The van der Waals surface area contributed by atoms with Crippen LogP contribution in [0.4, 0.5) is 11.6 Å². The Labute approximate surface area is 147 Å². The predicted octanol–water partition coefficient (Wildman–Crippen LogP) is 2.51. The van der Waals surface area contributed by atoms with Crippen molar-refractivity contribution in [2.24, 2.45) is 5.92 Å². The quantitative estimate of drug-likeness (QED) is 0.842. The Morgan fingerprint density at radius 2 is 1.84 bits per heavy atom. The maximum Gasteiger partial charge on any atom is 0.230 e. The van der Waals surface area contributed by atoms with Gasteiger partial charge in [-0.3, -0.25) is 4.79 Å². The zero-order valence-electron chi connectivity index (χ0n) is 14.3. The van der Waals surface area contributed by atoms with E-state index in [4.69, 9.17) is 4.74 Å². The van der Waals surface area contributed by atoms with E-state index in [0.717, 1.165) is 43.3 Å². The van der Waals surface area contributed by atoms with Crippen LogP contribution >= 0.6 is 0 Å². The molecule has 1 fully saturated rings. The minimum absolute atomic E-state index is 0.0108. The minimum Gasteiger partial charge on any atom is -0.487 e. The van der Waals surface area contributed by atoms with Gasteiger partial charge in [0.25, 0.3) is 0 Å². The Bertz CT molecular complexity index is 744. The van der Waals surface area contributed by atoms with E-state index in [1.54, 1.807) is 12.4 Å². The molecule has 2 aliphatic heterocycles. The highest BCUT2D eigenvalue weighted by atomic mass is 16.5. The number of para-hydroxylation sites is 2. The molecular formula is C19H22N4O2. The van der Waals surface area contributed by atoms with E-state index in [1.165, 1.54) is 0 Å². The van der Waals surface area contributed by atoms with E-state index >= 15 is 0 Å². The maximum absolute atomic E-state index is 13.1. The number of benzene rings is 1. The van der Waals surface area contributed by atoms with Gasteiger partial charge < -0.3 is 14.5 Å². The number of hydrogen-bond acceptors (Lipinski definition) is 5. The number of piperidine rings is 1. The molecule has 1 aromatic carbocycles. The molecule has 2 aliphatic rings. The van der Waals surface area contributed by atoms with Crippen LogP contribution in [-0.4, -0.2) is 41.6 Å². The number of carbonyl (C=O) groups is 1. The summed E-state index contributed by atoms with van der Waals surface area (Å²) in [5.41, 5.74) is 0.888. The molecule has 0 unspecified atom stereocenters. The maximum atomic E-state index is 13.1. The number of nitrogens with zero attached hydrogens (tertiary/aromatic N) is 4. The molecule has 6 heteroatoms. The van der Waals surface area contributed by atoms with Crippen molar-refractivity contribution in [1.29, 1.82) is 0 Å². The SMILES string of the molecule is C[C@H]1CN(C(=O)C2CCN(c3ncccn3)CC2)c2ccccc2O1. The van der Waals surface area contributed by atoms with Gasteiger partial charge in [-0.25, -0.2) is 9.97 Å². The highest BCUT2D eigenvalue weighted by Gasteiger charge is 2.34. The van der Waals surface area contributed by atoms with Gasteiger partial charge in [-0.2, -0.15) is 0 Å². The molecule has 2 aromatic rings. The smallest absolute Gasteiger partial charge is 0.230 e. The summed E-state index contributed by atoms with van der Waals surface area (Å²) < 4.78 is 5.86. The van der Waals surface area contributed by atoms with Gasteiger partial charge in [0.15, 0.2) is 0 Å². The van der Waals surface area contributed by atoms with Crippen LogP contribution in [0.25, 0.3) is 0 Å². The van der Waals surface area contributed by atoms with Crippen molar-refractivity contribution in [1.82, 2.24) is 9.97 Å². The van der Waals surface area contributed by atoms with Gasteiger partial charge in [0.1, 0.15) is 11.9 Å². The molecule has 1 atom stereocenters. The number of hydrogen-bond donors (Lipinski definition) is 0. The summed E-state index contributed by atoms with van der Waals surface area (Å²) in [4.78, 5) is 25.8. The van der Waals surface area contributed by atoms with Crippen molar-refractivity contribution in [2.75, 3.05) is 29.4 Å². The lowest BCUT2D eigenvalue weighted by Gasteiger charge is -2.38. The fourth-order valence-electron chi connectivity index (χ4n) is 3.60. The van der Waals surface area contributed by atoms with Crippen molar-refractivity contribution in [3.63, 3.8) is 0 Å². The molecule has 0 N–H and O–H groups in total. The molecule has 0 saturated carbocycles. The van der Waals surface area contributed by atoms with Crippen LogP contribution in [0.3, 0.4) is 0 Å². The molecule has 0 bridgehead atoms. The normalized spacial score (nSPS) is 20.8. The monoisotopic (exact) mass is 338 g/mol. The average Bonchev–Trinajstić information content (AvgIpc) is 2.67. The third-order valence-corrected chi connectivity index (χ3v) is 4.87. The van der Waals surface area contributed by atoms with Crippen LogP contribution < -0.4 is 14.5 Å². The molecule has 1 aromatic heterocycles. The Morgan fingerprint density at radius 1 is 1.12 bits per heavy atom. The fraction of sp³-hybridized carbons (Fsp3) is 0.421. The third kappa shape index (κ3) is 3.16. The van der Waals surface area contributed by atoms with Crippen LogP contribution in [-0.2, 0) is 4.79 Å². The van der Waals surface area contributed by atoms with E-state index in [0.29, 0.717) is 6.54 Å². The van der Waals surface area contributed by atoms with Crippen LogP contribution in [0.2, 0.25) is 0 Å². The van der Waals surface area contributed by atoms with Gasteiger partial charge in [0.05, 0.1) is 12.2 Å². The standard InChI is InChI=1S/C19H22N4O2/c1-14-13-23(16-5-2-3-6-17(16)25-14)18(24)15-7-11-22(12-8-15)19-20-9-4-10-21-19/h2-6,9-10,14-15H,7-8,11-13H2,1H3/t14-/m0/s1. The second kappa shape index (κ2) is 6.70. The summed E-state index contributed by atoms with van der Waals surface area (Å²) in [6, 6.07) is 9.61. The first-order chi connectivity index (χ1) is 12.2. The van der Waals surface area contributed by atoms with E-state index in [9.17, 15) is 4.79 Å². The Morgan fingerprint density at radius 3 is 2.60 bits per heavy atom. The van der Waals surface area contributed by atoms with Gasteiger partial charge in [0, 0.05) is 31.4 Å². The van der Waals surface area contributed by atoms with Gasteiger partial charge in [-0.1, -0.05) is 12.1 Å². The van der Waals surface area contributed by atoms with Crippen LogP contribution in [0.1, 0.15) is 19.8 Å². The lowest BCUT2D eigenvalue weighted by Crippen LogP contribution is -2.47. The number of amides is 1. The number of fused-ring (bicyclic) bond motifs is 1. The van der Waals surface area contributed by atoms with Crippen LogP contribution in [0.15, 0.2) is 42.7 Å². The zero-order valence-corrected chi connectivity index (χ0v) is 14.3. The van der Waals surface area contributed by atoms with Gasteiger partial charge in [0.2, 0.25) is 11.9 Å². The molecule has 1 amide bonds. The first-order valence-electron chi connectivity index (χ1n) is 8.81. The van der Waals surface area contributed by atoms with Gasteiger partial charge >= 0.3 is 0 Å². The van der Waals surface area contributed by atoms with Gasteiger partial charge in [-0.05, 0) is 38.0 Å². The van der Waals surface area contributed by atoms with Crippen LogP contribution in [0.5, 0.6) is 5.75 Å². The lowest BCUT2D eigenvalue weighted by molar-refractivity contribution is -0.123. The molecule has 1 saturated heterocycles. The highest BCUT2D eigenvalue weighted by molar-refractivity contribution is 5.97. The number of anilines is 2. The molecule has 0 radical (unpaired) electrons. The Kier molecular flexibility index (Phi) is 4.26. The minimum atomic E-state index is 0.0108. The van der Waals surface area contributed by atoms with Crippen molar-refractivity contribution >= 4 is 17.5 Å². The third-order valence-electron chi connectivity index (χ3n) is 4.87. The highest BCUT2D eigenvalue weighted by Crippen LogP contribution is 2.35. The summed E-state index contributed by atoms with van der Waals surface area (Å²) in [7, 11) is 0. The molecule has 130 valence electrons. The first kappa shape index (κ1) is 15.9. The molecule has 4 rings (SSSR count). The first-order valence-corrected chi connectivity index (χ1v) is 8.81. The van der Waals surface area contributed by atoms with E-state index in [-0.39, 0.29) is 17.9 Å². The van der Waals surface area contributed by atoms with E-state index in [2.05, 4.69) is 14.9 Å². The van der Waals surface area contributed by atoms with Gasteiger partial charge in [-0.15, -0.1) is 0 Å². The number of rotatable bonds is 2. The van der Waals surface area contributed by atoms with Crippen molar-refractivity contribution < 1.29 is 9.53 Å². The Hall–Kier alpha value is -2.63. The largest absolute Gasteiger partial charge is 0.487 e. The molecular weight excluding hydrogens is 316 g/mol. The van der Waals surface area contributed by atoms with Crippen molar-refractivity contribution in [3.8, 4) is 5.75 Å². The second-order valence-corrected chi connectivity index (χ2v) is 6.66. The number of aromatic nitrogens is 2. The summed E-state index contributed by atoms with van der Waals surface area (Å²) >= 11 is 0. The topological polar surface area (TPSA) is 58.6 Å². The number of carbonyl (C=O) groups excluding carboxylic acids is 1. The predicted molar refractivity (Wildman–Crippen MR) is 95.9 cm³/mol. The summed E-state index contributed by atoms with van der Waals surface area (Å²) in [5, 5.41) is 0. The fourth-order valence-corrected chi connectivity index (χ4v) is 3.60. The summed E-state index contributed by atoms with van der Waals surface area (Å²) in [5.74, 6) is 1.79. The molecule has 6 nitrogen and oxygen atoms in total. The van der Waals surface area contributed by atoms with Crippen molar-refractivity contribution in [3.05, 3.63) is 42.7 Å². The van der Waals surface area contributed by atoms with Crippen molar-refractivity contribution in [2.45, 2.75) is 25.9 Å². The molecule has 25 heavy (non-hydrogen) atoms. The number of ether oxygens (including phenoxy) is 1. The molecule has 3 heterocycles. The molecule has 0 aliphatic carbocycles. The zero-order chi connectivity index (χ0) is 17.2. The lowest BCUT2D eigenvalue weighted by atomic mass is 9.94. The average molecular weight is 338 g/mol.